The number of nitrogens with zero attached hydrogens (tertiary/aromatic N) is 1. The van der Waals surface area contributed by atoms with Crippen LogP contribution in [0.4, 0.5) is 0 Å². The van der Waals surface area contributed by atoms with Crippen LogP contribution < -0.4 is 4.74 Å². The maximum atomic E-state index is 9.35. The fourth-order valence-corrected chi connectivity index (χ4v) is 1.78. The van der Waals surface area contributed by atoms with Crippen molar-refractivity contribution in [3.8, 4) is 11.5 Å². The standard InChI is InChI=1S/C14H11NO3/c16-11-3-4-13-10(9-18-14(13)6-11)8-17-12-2-1-5-15-7-12/h1-7,9,16H,8H2. The summed E-state index contributed by atoms with van der Waals surface area (Å²) in [6.07, 6.45) is 5.00. The van der Waals surface area contributed by atoms with Gasteiger partial charge in [-0.1, -0.05) is 0 Å². The zero-order valence-corrected chi connectivity index (χ0v) is 9.54. The smallest absolute Gasteiger partial charge is 0.138 e. The Morgan fingerprint density at radius 1 is 1.28 bits per heavy atom. The van der Waals surface area contributed by atoms with Crippen LogP contribution in [-0.2, 0) is 6.61 Å². The molecule has 0 fully saturated rings. The Bertz CT molecular complexity index is 661. The van der Waals surface area contributed by atoms with Gasteiger partial charge in [0.25, 0.3) is 0 Å². The summed E-state index contributed by atoms with van der Waals surface area (Å²) < 4.78 is 11.0. The number of phenols is 1. The quantitative estimate of drug-likeness (QED) is 0.765. The lowest BCUT2D eigenvalue weighted by molar-refractivity contribution is 0.304. The molecule has 0 aliphatic carbocycles. The summed E-state index contributed by atoms with van der Waals surface area (Å²) in [6.45, 7) is 0.406. The Morgan fingerprint density at radius 3 is 3.06 bits per heavy atom. The zero-order chi connectivity index (χ0) is 12.4. The molecule has 0 amide bonds. The lowest BCUT2D eigenvalue weighted by atomic mass is 10.2. The van der Waals surface area contributed by atoms with Gasteiger partial charge >= 0.3 is 0 Å². The number of aromatic hydroxyl groups is 1. The van der Waals surface area contributed by atoms with E-state index in [9.17, 15) is 5.11 Å². The van der Waals surface area contributed by atoms with Gasteiger partial charge in [0.1, 0.15) is 23.7 Å². The normalized spacial score (nSPS) is 10.7. The monoisotopic (exact) mass is 241 g/mol. The van der Waals surface area contributed by atoms with E-state index in [4.69, 9.17) is 9.15 Å². The van der Waals surface area contributed by atoms with Gasteiger partial charge in [0.05, 0.1) is 12.5 Å². The van der Waals surface area contributed by atoms with E-state index in [-0.39, 0.29) is 5.75 Å². The fraction of sp³-hybridized carbons (Fsp3) is 0.0714. The number of pyridine rings is 1. The van der Waals surface area contributed by atoms with E-state index >= 15 is 0 Å². The lowest BCUT2D eigenvalue weighted by Gasteiger charge is -2.03. The van der Waals surface area contributed by atoms with Crippen LogP contribution in [0.1, 0.15) is 5.56 Å². The van der Waals surface area contributed by atoms with Crippen LogP contribution >= 0.6 is 0 Å². The first-order valence-corrected chi connectivity index (χ1v) is 5.55. The summed E-state index contributed by atoms with van der Waals surface area (Å²) in [5, 5.41) is 10.3. The van der Waals surface area contributed by atoms with Crippen LogP contribution in [0, 0.1) is 0 Å². The molecule has 0 radical (unpaired) electrons. The predicted molar refractivity (Wildman–Crippen MR) is 66.4 cm³/mol. The molecule has 3 aromatic rings. The van der Waals surface area contributed by atoms with Crippen molar-refractivity contribution >= 4 is 11.0 Å². The van der Waals surface area contributed by atoms with Crippen LogP contribution in [0.5, 0.6) is 11.5 Å². The lowest BCUT2D eigenvalue weighted by Crippen LogP contribution is -1.94. The first-order valence-electron chi connectivity index (χ1n) is 5.55. The van der Waals surface area contributed by atoms with Crippen LogP contribution in [0.15, 0.2) is 53.4 Å². The first kappa shape index (κ1) is 10.7. The largest absolute Gasteiger partial charge is 0.508 e. The van der Waals surface area contributed by atoms with Crippen molar-refractivity contribution in [2.45, 2.75) is 6.61 Å². The van der Waals surface area contributed by atoms with Crippen LogP contribution in [0.3, 0.4) is 0 Å². The Kier molecular flexibility index (Phi) is 2.61. The third-order valence-corrected chi connectivity index (χ3v) is 2.67. The summed E-state index contributed by atoms with van der Waals surface area (Å²) in [5.74, 6) is 0.905. The highest BCUT2D eigenvalue weighted by Gasteiger charge is 2.07. The van der Waals surface area contributed by atoms with Crippen molar-refractivity contribution in [3.63, 3.8) is 0 Å². The molecule has 1 aromatic carbocycles. The minimum atomic E-state index is 0.191. The van der Waals surface area contributed by atoms with Crippen molar-refractivity contribution in [2.24, 2.45) is 0 Å². The van der Waals surface area contributed by atoms with Gasteiger partial charge < -0.3 is 14.3 Å². The van der Waals surface area contributed by atoms with Gasteiger partial charge in [0, 0.05) is 23.2 Å². The molecule has 2 aromatic heterocycles. The molecule has 0 unspecified atom stereocenters. The Morgan fingerprint density at radius 2 is 2.22 bits per heavy atom. The second-order valence-corrected chi connectivity index (χ2v) is 3.92. The second-order valence-electron chi connectivity index (χ2n) is 3.92. The molecule has 4 heteroatoms. The van der Waals surface area contributed by atoms with Gasteiger partial charge in [-0.05, 0) is 24.3 Å². The minimum Gasteiger partial charge on any atom is -0.508 e. The SMILES string of the molecule is Oc1ccc2c(COc3cccnc3)coc2c1. The third kappa shape index (κ3) is 2.00. The maximum Gasteiger partial charge on any atom is 0.138 e. The molecule has 0 bridgehead atoms. The molecule has 0 saturated heterocycles. The minimum absolute atomic E-state index is 0.191. The van der Waals surface area contributed by atoms with Crippen LogP contribution in [0.2, 0.25) is 0 Å². The average molecular weight is 241 g/mol. The number of furan rings is 1. The number of hydrogen-bond donors (Lipinski definition) is 1. The number of phenolic OH excluding ortho intramolecular Hbond substituents is 1. The summed E-state index contributed by atoms with van der Waals surface area (Å²) in [6, 6.07) is 8.70. The average Bonchev–Trinajstić information content (AvgIpc) is 2.80. The van der Waals surface area contributed by atoms with E-state index in [0.717, 1.165) is 10.9 Å². The number of ether oxygens (including phenoxy) is 1. The fourth-order valence-electron chi connectivity index (χ4n) is 1.78. The van der Waals surface area contributed by atoms with Gasteiger partial charge in [0.2, 0.25) is 0 Å². The van der Waals surface area contributed by atoms with Crippen molar-refractivity contribution < 1.29 is 14.3 Å². The summed E-state index contributed by atoms with van der Waals surface area (Å²) >= 11 is 0. The molecular weight excluding hydrogens is 230 g/mol. The molecule has 2 heterocycles. The van der Waals surface area contributed by atoms with Gasteiger partial charge in [-0.3, -0.25) is 4.98 Å². The number of rotatable bonds is 3. The molecule has 90 valence electrons. The van der Waals surface area contributed by atoms with Crippen molar-refractivity contribution in [2.75, 3.05) is 0 Å². The van der Waals surface area contributed by atoms with Gasteiger partial charge in [0.15, 0.2) is 0 Å². The molecule has 3 rings (SSSR count). The van der Waals surface area contributed by atoms with E-state index in [1.165, 1.54) is 0 Å². The number of fused-ring (bicyclic) bond motifs is 1. The van der Waals surface area contributed by atoms with Crippen molar-refractivity contribution in [3.05, 3.63) is 54.6 Å². The summed E-state index contributed by atoms with van der Waals surface area (Å²) in [4.78, 5) is 3.98. The summed E-state index contributed by atoms with van der Waals surface area (Å²) in [7, 11) is 0. The van der Waals surface area contributed by atoms with Gasteiger partial charge in [-0.25, -0.2) is 0 Å². The number of hydrogen-bond acceptors (Lipinski definition) is 4. The van der Waals surface area contributed by atoms with E-state index in [1.807, 2.05) is 18.2 Å². The molecule has 0 aliphatic rings. The molecule has 18 heavy (non-hydrogen) atoms. The van der Waals surface area contributed by atoms with Crippen LogP contribution in [-0.4, -0.2) is 10.1 Å². The Hall–Kier alpha value is -2.49. The first-order chi connectivity index (χ1) is 8.83. The topological polar surface area (TPSA) is 55.5 Å². The molecule has 0 spiro atoms. The van der Waals surface area contributed by atoms with Crippen LogP contribution in [0.25, 0.3) is 11.0 Å². The van der Waals surface area contributed by atoms with E-state index in [0.29, 0.717) is 17.9 Å². The molecule has 0 saturated carbocycles. The highest BCUT2D eigenvalue weighted by Crippen LogP contribution is 2.25. The van der Waals surface area contributed by atoms with Gasteiger partial charge in [-0.2, -0.15) is 0 Å². The molecule has 1 N–H and O–H groups in total. The molecule has 0 atom stereocenters. The number of benzene rings is 1. The molecule has 0 aliphatic heterocycles. The Labute approximate surface area is 103 Å². The van der Waals surface area contributed by atoms with E-state index < -0.39 is 0 Å². The Balaban J connectivity index is 1.83. The molecule has 4 nitrogen and oxygen atoms in total. The van der Waals surface area contributed by atoms with E-state index in [2.05, 4.69) is 4.98 Å². The second kappa shape index (κ2) is 4.41. The highest BCUT2D eigenvalue weighted by atomic mass is 16.5. The zero-order valence-electron chi connectivity index (χ0n) is 9.54. The predicted octanol–water partition coefficient (Wildman–Crippen LogP) is 3.11. The van der Waals surface area contributed by atoms with E-state index in [1.54, 1.807) is 30.8 Å². The summed E-state index contributed by atoms with van der Waals surface area (Å²) in [5.41, 5.74) is 1.59. The van der Waals surface area contributed by atoms with Crippen molar-refractivity contribution in [1.82, 2.24) is 4.98 Å². The van der Waals surface area contributed by atoms with Crippen molar-refractivity contribution in [1.29, 1.82) is 0 Å². The number of aromatic nitrogens is 1. The molecular formula is C14H11NO3. The third-order valence-electron chi connectivity index (χ3n) is 2.67. The van der Waals surface area contributed by atoms with Gasteiger partial charge in [-0.15, -0.1) is 0 Å². The highest BCUT2D eigenvalue weighted by molar-refractivity contribution is 5.82. The maximum absolute atomic E-state index is 9.35.